The number of aliphatic carboxylic acids is 1. The van der Waals surface area contributed by atoms with Gasteiger partial charge in [0.05, 0.1) is 13.0 Å². The van der Waals surface area contributed by atoms with E-state index in [1.165, 1.54) is 0 Å². The highest BCUT2D eigenvalue weighted by Gasteiger charge is 2.29. The first-order valence-electron chi connectivity index (χ1n) is 6.80. The minimum atomic E-state index is -2.17. The van der Waals surface area contributed by atoms with Crippen LogP contribution >= 0.6 is 34.8 Å². The minimum absolute atomic E-state index is 0.0227. The second kappa shape index (κ2) is 11.3. The van der Waals surface area contributed by atoms with Crippen LogP contribution in [0.3, 0.4) is 0 Å². The molecule has 6 nitrogen and oxygen atoms in total. The molecule has 0 aliphatic carbocycles. The molecule has 0 radical (unpaired) electrons. The van der Waals surface area contributed by atoms with Crippen molar-refractivity contribution in [3.05, 3.63) is 35.4 Å². The van der Waals surface area contributed by atoms with Gasteiger partial charge >= 0.3 is 11.9 Å². The molecular formula is C15H18Cl3NO5. The van der Waals surface area contributed by atoms with Crippen molar-refractivity contribution < 1.29 is 24.2 Å². The Morgan fingerprint density at radius 3 is 2.17 bits per heavy atom. The van der Waals surface area contributed by atoms with Gasteiger partial charge in [-0.2, -0.15) is 0 Å². The van der Waals surface area contributed by atoms with Crippen molar-refractivity contribution in [1.29, 1.82) is 0 Å². The van der Waals surface area contributed by atoms with Crippen LogP contribution in [0.2, 0.25) is 0 Å². The maximum absolute atomic E-state index is 11.3. The lowest BCUT2D eigenvalue weighted by Gasteiger charge is -2.06. The van der Waals surface area contributed by atoms with Gasteiger partial charge in [-0.1, -0.05) is 59.1 Å². The van der Waals surface area contributed by atoms with E-state index in [1.54, 1.807) is 0 Å². The van der Waals surface area contributed by atoms with Gasteiger partial charge in [0.25, 0.3) is 3.79 Å². The molecular weight excluding hydrogens is 381 g/mol. The Morgan fingerprint density at radius 1 is 1.17 bits per heavy atom. The summed E-state index contributed by atoms with van der Waals surface area (Å²) in [5.74, 6) is -1.95. The topological polar surface area (TPSA) is 107 Å². The lowest BCUT2D eigenvalue weighted by molar-refractivity contribution is -0.146. The highest BCUT2D eigenvalue weighted by atomic mass is 35.6. The van der Waals surface area contributed by atoms with Gasteiger partial charge in [-0.25, -0.2) is 4.79 Å². The zero-order valence-electron chi connectivity index (χ0n) is 12.9. The van der Waals surface area contributed by atoms with Crippen molar-refractivity contribution >= 4 is 52.5 Å². The summed E-state index contributed by atoms with van der Waals surface area (Å²) in [6.07, 6.45) is 0.255. The molecule has 0 saturated carbocycles. The molecule has 0 unspecified atom stereocenters. The third-order valence-corrected chi connectivity index (χ3v) is 3.21. The number of halogens is 3. The van der Waals surface area contributed by atoms with Crippen LogP contribution in [-0.4, -0.2) is 33.2 Å². The molecule has 0 heterocycles. The number of hydrogen-bond donors (Lipinski definition) is 2. The van der Waals surface area contributed by atoms with E-state index in [2.05, 4.69) is 0 Å². The molecule has 0 fully saturated rings. The molecule has 0 aromatic heterocycles. The third-order valence-electron chi connectivity index (χ3n) is 2.73. The van der Waals surface area contributed by atoms with E-state index in [4.69, 9.17) is 50.4 Å². The fraction of sp³-hybridized carbons (Fsp3) is 0.400. The summed E-state index contributed by atoms with van der Waals surface area (Å²) in [6, 6.07) is 7.70. The first-order chi connectivity index (χ1) is 11.1. The number of esters is 1. The van der Waals surface area contributed by atoms with E-state index >= 15 is 0 Å². The Morgan fingerprint density at radius 2 is 1.71 bits per heavy atom. The summed E-state index contributed by atoms with van der Waals surface area (Å²) < 4.78 is 2.91. The van der Waals surface area contributed by atoms with Gasteiger partial charge in [-0.15, -0.1) is 0 Å². The van der Waals surface area contributed by atoms with Gasteiger partial charge in [0.1, 0.15) is 12.4 Å². The largest absolute Gasteiger partial charge is 0.478 e. The fourth-order valence-electron chi connectivity index (χ4n) is 1.35. The van der Waals surface area contributed by atoms with Gasteiger partial charge in [0.15, 0.2) is 0 Å². The van der Waals surface area contributed by atoms with Crippen molar-refractivity contribution in [1.82, 2.24) is 0 Å². The van der Waals surface area contributed by atoms with E-state index in [0.717, 1.165) is 11.1 Å². The molecule has 1 aromatic rings. The summed E-state index contributed by atoms with van der Waals surface area (Å²) in [4.78, 5) is 31.9. The molecule has 0 bridgehead atoms. The number of nitrogens with two attached hydrogens (primary N) is 1. The van der Waals surface area contributed by atoms with Crippen LogP contribution in [0.4, 0.5) is 0 Å². The summed E-state index contributed by atoms with van der Waals surface area (Å²) in [5, 5.41) is 7.85. The Labute approximate surface area is 154 Å². The van der Waals surface area contributed by atoms with Crippen LogP contribution in [0.15, 0.2) is 24.3 Å². The molecule has 1 aromatic carbocycles. The smallest absolute Gasteiger partial charge is 0.356 e. The molecule has 9 heteroatoms. The minimum Gasteiger partial charge on any atom is -0.478 e. The van der Waals surface area contributed by atoms with E-state index in [9.17, 15) is 14.4 Å². The predicted octanol–water partition coefficient (Wildman–Crippen LogP) is 2.79. The van der Waals surface area contributed by atoms with Gasteiger partial charge in [-0.05, 0) is 18.1 Å². The molecule has 0 aliphatic rings. The molecule has 0 atom stereocenters. The van der Waals surface area contributed by atoms with Crippen LogP contribution in [-0.2, 0) is 25.7 Å². The molecule has 1 rings (SSSR count). The number of carbonyl (C=O) groups excluding carboxylic acids is 2. The summed E-state index contributed by atoms with van der Waals surface area (Å²) in [5.41, 5.74) is 7.20. The summed E-state index contributed by atoms with van der Waals surface area (Å²) in [7, 11) is 0. The van der Waals surface area contributed by atoms with Gasteiger partial charge in [0.2, 0.25) is 0 Å². The first kappa shape index (κ1) is 22.7. The molecule has 0 saturated heterocycles. The number of carbonyl (C=O) groups is 3. The monoisotopic (exact) mass is 397 g/mol. The van der Waals surface area contributed by atoms with Crippen LogP contribution < -0.4 is 5.73 Å². The maximum atomic E-state index is 11.3. The quantitative estimate of drug-likeness (QED) is 0.563. The normalized spacial score (nSPS) is 10.4. The van der Waals surface area contributed by atoms with Crippen molar-refractivity contribution in [2.45, 2.75) is 30.2 Å². The van der Waals surface area contributed by atoms with Gasteiger partial charge in [-0.3, -0.25) is 9.59 Å². The van der Waals surface area contributed by atoms with Crippen molar-refractivity contribution in [3.8, 4) is 0 Å². The average molecular weight is 399 g/mol. The molecule has 0 amide bonds. The summed E-state index contributed by atoms with van der Waals surface area (Å²) in [6.45, 7) is 2.19. The van der Waals surface area contributed by atoms with Gasteiger partial charge in [0, 0.05) is 6.42 Å². The molecule has 24 heavy (non-hydrogen) atoms. The Hall–Kier alpha value is -1.34. The maximum Gasteiger partial charge on any atom is 0.356 e. The molecule has 3 N–H and O–H groups in total. The first-order valence-corrected chi connectivity index (χ1v) is 7.93. The van der Waals surface area contributed by atoms with Crippen molar-refractivity contribution in [3.63, 3.8) is 0 Å². The van der Waals surface area contributed by atoms with E-state index in [0.29, 0.717) is 0 Å². The van der Waals surface area contributed by atoms with Crippen LogP contribution in [0.25, 0.3) is 0 Å². The van der Waals surface area contributed by atoms with Crippen LogP contribution in [0.5, 0.6) is 0 Å². The molecule has 134 valence electrons. The average Bonchev–Trinajstić information content (AvgIpc) is 2.51. The lowest BCUT2D eigenvalue weighted by Crippen LogP contribution is -2.16. The number of aryl methyl sites for hydroxylation is 1. The predicted molar refractivity (Wildman–Crippen MR) is 92.2 cm³/mol. The molecule has 0 aliphatic heterocycles. The second-order valence-corrected chi connectivity index (χ2v) is 6.91. The Kier molecular flexibility index (Phi) is 10.6. The molecule has 0 spiro atoms. The zero-order valence-corrected chi connectivity index (χ0v) is 15.2. The van der Waals surface area contributed by atoms with Gasteiger partial charge < -0.3 is 15.6 Å². The number of rotatable bonds is 6. The number of hydrogen-bond acceptors (Lipinski definition) is 5. The number of ether oxygens (including phenoxy) is 1. The second-order valence-electron chi connectivity index (χ2n) is 4.63. The highest BCUT2D eigenvalue weighted by Crippen LogP contribution is 2.25. The van der Waals surface area contributed by atoms with Crippen molar-refractivity contribution in [2.75, 3.05) is 6.54 Å². The van der Waals surface area contributed by atoms with E-state index in [1.807, 2.05) is 31.2 Å². The van der Waals surface area contributed by atoms with Crippen molar-refractivity contribution in [2.24, 2.45) is 5.73 Å². The number of benzene rings is 1. The summed E-state index contributed by atoms with van der Waals surface area (Å²) >= 11 is 14.4. The number of Topliss-reactive ketones (excluding diaryl/α,β-unsaturated/α-hetero) is 1. The Bertz CT molecular complexity index is 572. The lowest BCUT2D eigenvalue weighted by atomic mass is 10.1. The third kappa shape index (κ3) is 10.4. The SMILES string of the molecule is Cc1ccccc1COC(=O)CCC(=O)CN.O=C(O)C(Cl)(Cl)Cl. The highest BCUT2D eigenvalue weighted by molar-refractivity contribution is 6.75. The number of carboxylic acid groups (broad SMARTS) is 1. The van der Waals surface area contributed by atoms with E-state index < -0.39 is 9.76 Å². The number of ketones is 1. The number of alkyl halides is 3. The number of carboxylic acids is 1. The zero-order chi connectivity index (χ0) is 18.8. The fourth-order valence-corrected chi connectivity index (χ4v) is 1.35. The van der Waals surface area contributed by atoms with Crippen LogP contribution in [0, 0.1) is 6.92 Å². The van der Waals surface area contributed by atoms with Crippen LogP contribution in [0.1, 0.15) is 24.0 Å². The standard InChI is InChI=1S/C13H17NO3.C2HCl3O2/c1-10-4-2-3-5-11(10)9-17-13(16)7-6-12(15)8-14;3-2(4,5)1(6)7/h2-5H,6-9,14H2,1H3;(H,6,7). The van der Waals surface area contributed by atoms with E-state index in [-0.39, 0.29) is 37.7 Å². The Balaban J connectivity index is 0.000000640.